The molecule has 4 heteroatoms. The van der Waals surface area contributed by atoms with Gasteiger partial charge in [-0.3, -0.25) is 4.79 Å². The SMILES string of the molecule is CC(=O)O.CCCCCCCCc1ncc(C)[nH]1. The summed E-state index contributed by atoms with van der Waals surface area (Å²) in [7, 11) is 0. The highest BCUT2D eigenvalue weighted by Gasteiger charge is 1.96. The molecule has 0 fully saturated rings. The predicted molar refractivity (Wildman–Crippen MR) is 73.7 cm³/mol. The molecule has 1 rings (SSSR count). The van der Waals surface area contributed by atoms with Crippen LogP contribution in [0.4, 0.5) is 0 Å². The fraction of sp³-hybridized carbons (Fsp3) is 0.714. The number of carboxylic acids is 1. The van der Waals surface area contributed by atoms with Crippen molar-refractivity contribution in [2.45, 2.75) is 65.7 Å². The van der Waals surface area contributed by atoms with Crippen LogP contribution in [0.5, 0.6) is 0 Å². The van der Waals surface area contributed by atoms with Crippen LogP contribution in [0.1, 0.15) is 63.9 Å². The summed E-state index contributed by atoms with van der Waals surface area (Å²) >= 11 is 0. The number of nitrogens with one attached hydrogen (secondary N) is 1. The van der Waals surface area contributed by atoms with E-state index in [9.17, 15) is 0 Å². The fourth-order valence-electron chi connectivity index (χ4n) is 1.67. The van der Waals surface area contributed by atoms with Gasteiger partial charge in [-0.2, -0.15) is 0 Å². The van der Waals surface area contributed by atoms with Gasteiger partial charge in [0.25, 0.3) is 5.97 Å². The number of nitrogens with zero attached hydrogens (tertiary/aromatic N) is 1. The number of aromatic amines is 1. The molecule has 0 aliphatic rings. The predicted octanol–water partition coefficient (Wildman–Crippen LogP) is 3.71. The van der Waals surface area contributed by atoms with Crippen LogP contribution >= 0.6 is 0 Å². The first-order valence-corrected chi connectivity index (χ1v) is 6.76. The molecule has 0 radical (unpaired) electrons. The van der Waals surface area contributed by atoms with Crippen LogP contribution in [0.15, 0.2) is 6.20 Å². The van der Waals surface area contributed by atoms with Crippen LogP contribution in [-0.4, -0.2) is 21.0 Å². The van der Waals surface area contributed by atoms with Gasteiger partial charge in [-0.05, 0) is 13.3 Å². The van der Waals surface area contributed by atoms with Crippen molar-refractivity contribution in [1.29, 1.82) is 0 Å². The summed E-state index contributed by atoms with van der Waals surface area (Å²) in [6, 6.07) is 0. The van der Waals surface area contributed by atoms with Crippen LogP contribution in [0.25, 0.3) is 0 Å². The zero-order valence-corrected chi connectivity index (χ0v) is 11.8. The lowest BCUT2D eigenvalue weighted by molar-refractivity contribution is -0.134. The van der Waals surface area contributed by atoms with Gasteiger partial charge in [-0.15, -0.1) is 0 Å². The van der Waals surface area contributed by atoms with Crippen molar-refractivity contribution in [2.75, 3.05) is 0 Å². The van der Waals surface area contributed by atoms with Gasteiger partial charge >= 0.3 is 0 Å². The molecule has 2 N–H and O–H groups in total. The number of aliphatic carboxylic acids is 1. The number of carbonyl (C=O) groups is 1. The molecule has 0 bridgehead atoms. The maximum atomic E-state index is 9.00. The van der Waals surface area contributed by atoms with E-state index in [0.29, 0.717) is 0 Å². The van der Waals surface area contributed by atoms with E-state index < -0.39 is 5.97 Å². The maximum Gasteiger partial charge on any atom is 0.300 e. The van der Waals surface area contributed by atoms with Crippen molar-refractivity contribution >= 4 is 5.97 Å². The minimum Gasteiger partial charge on any atom is -0.481 e. The Balaban J connectivity index is 0.000000631. The van der Waals surface area contributed by atoms with Crippen molar-refractivity contribution < 1.29 is 9.90 Å². The second-order valence-electron chi connectivity index (χ2n) is 4.55. The molecule has 0 amide bonds. The molecule has 18 heavy (non-hydrogen) atoms. The Bertz CT molecular complexity index is 317. The van der Waals surface area contributed by atoms with E-state index in [4.69, 9.17) is 9.90 Å². The highest BCUT2D eigenvalue weighted by atomic mass is 16.4. The van der Waals surface area contributed by atoms with Gasteiger partial charge in [-0.1, -0.05) is 39.0 Å². The summed E-state index contributed by atoms with van der Waals surface area (Å²) in [5.41, 5.74) is 1.17. The van der Waals surface area contributed by atoms with Gasteiger partial charge in [0, 0.05) is 25.2 Å². The van der Waals surface area contributed by atoms with E-state index in [1.807, 2.05) is 6.20 Å². The molecule has 0 aliphatic heterocycles. The molecule has 0 unspecified atom stereocenters. The lowest BCUT2D eigenvalue weighted by atomic mass is 10.1. The molecule has 0 saturated heterocycles. The standard InChI is InChI=1S/C12H22N2.C2H4O2/c1-3-4-5-6-7-8-9-12-13-10-11(2)14-12;1-2(3)4/h10H,3-9H2,1-2H3,(H,13,14);1H3,(H,3,4). The molecule has 104 valence electrons. The van der Waals surface area contributed by atoms with Crippen molar-refractivity contribution in [3.8, 4) is 0 Å². The van der Waals surface area contributed by atoms with Crippen LogP contribution < -0.4 is 0 Å². The number of H-pyrrole nitrogens is 1. The minimum absolute atomic E-state index is 0.833. The van der Waals surface area contributed by atoms with E-state index in [2.05, 4.69) is 23.8 Å². The van der Waals surface area contributed by atoms with Crippen LogP contribution in [0, 0.1) is 6.92 Å². The number of rotatable bonds is 7. The van der Waals surface area contributed by atoms with E-state index in [1.54, 1.807) is 0 Å². The lowest BCUT2D eigenvalue weighted by Gasteiger charge is -1.98. The Morgan fingerprint density at radius 1 is 1.28 bits per heavy atom. The Morgan fingerprint density at radius 2 is 1.83 bits per heavy atom. The van der Waals surface area contributed by atoms with Gasteiger partial charge in [0.15, 0.2) is 0 Å². The number of hydrogen-bond donors (Lipinski definition) is 2. The van der Waals surface area contributed by atoms with Gasteiger partial charge in [0.1, 0.15) is 5.82 Å². The number of imidazole rings is 1. The Labute approximate surface area is 110 Å². The van der Waals surface area contributed by atoms with Crippen molar-refractivity contribution in [2.24, 2.45) is 0 Å². The Hall–Kier alpha value is -1.32. The van der Waals surface area contributed by atoms with E-state index in [-0.39, 0.29) is 0 Å². The van der Waals surface area contributed by atoms with Gasteiger partial charge in [0.2, 0.25) is 0 Å². The Kier molecular flexibility index (Phi) is 10.0. The lowest BCUT2D eigenvalue weighted by Crippen LogP contribution is -1.88. The van der Waals surface area contributed by atoms with Crippen molar-refractivity contribution in [3.05, 3.63) is 17.7 Å². The summed E-state index contributed by atoms with van der Waals surface area (Å²) in [5, 5.41) is 7.42. The van der Waals surface area contributed by atoms with E-state index in [1.165, 1.54) is 44.2 Å². The highest BCUT2D eigenvalue weighted by molar-refractivity contribution is 5.62. The maximum absolute atomic E-state index is 9.00. The monoisotopic (exact) mass is 254 g/mol. The van der Waals surface area contributed by atoms with Crippen LogP contribution in [-0.2, 0) is 11.2 Å². The summed E-state index contributed by atoms with van der Waals surface area (Å²) in [5.74, 6) is 0.318. The molecule has 1 heterocycles. The summed E-state index contributed by atoms with van der Waals surface area (Å²) in [4.78, 5) is 16.6. The second kappa shape index (κ2) is 10.8. The first-order valence-electron chi connectivity index (χ1n) is 6.76. The molecule has 0 spiro atoms. The topological polar surface area (TPSA) is 66.0 Å². The van der Waals surface area contributed by atoms with Crippen molar-refractivity contribution in [1.82, 2.24) is 9.97 Å². The Morgan fingerprint density at radius 3 is 2.33 bits per heavy atom. The highest BCUT2D eigenvalue weighted by Crippen LogP contribution is 2.07. The average Bonchev–Trinajstić information content (AvgIpc) is 2.69. The van der Waals surface area contributed by atoms with Crippen molar-refractivity contribution in [3.63, 3.8) is 0 Å². The number of aromatic nitrogens is 2. The number of hydrogen-bond acceptors (Lipinski definition) is 2. The molecule has 1 aromatic rings. The van der Waals surface area contributed by atoms with E-state index in [0.717, 1.165) is 19.2 Å². The minimum atomic E-state index is -0.833. The second-order valence-corrected chi connectivity index (χ2v) is 4.55. The number of carboxylic acid groups (broad SMARTS) is 1. The molecule has 0 saturated carbocycles. The third kappa shape index (κ3) is 11.2. The summed E-state index contributed by atoms with van der Waals surface area (Å²) in [6.07, 6.45) is 11.1. The average molecular weight is 254 g/mol. The van der Waals surface area contributed by atoms with Gasteiger partial charge in [0.05, 0.1) is 0 Å². The third-order valence-electron chi connectivity index (χ3n) is 2.52. The molecule has 4 nitrogen and oxygen atoms in total. The van der Waals surface area contributed by atoms with Gasteiger partial charge < -0.3 is 10.1 Å². The zero-order chi connectivity index (χ0) is 13.8. The molecule has 0 aromatic carbocycles. The number of aryl methyl sites for hydroxylation is 2. The zero-order valence-electron chi connectivity index (χ0n) is 11.8. The summed E-state index contributed by atoms with van der Waals surface area (Å²) < 4.78 is 0. The molecule has 0 atom stereocenters. The normalized spacial score (nSPS) is 9.72. The largest absolute Gasteiger partial charge is 0.481 e. The smallest absolute Gasteiger partial charge is 0.300 e. The third-order valence-corrected chi connectivity index (χ3v) is 2.52. The first kappa shape index (κ1) is 16.7. The molecule has 1 aromatic heterocycles. The summed E-state index contributed by atoms with van der Waals surface area (Å²) in [6.45, 7) is 5.39. The molecular weight excluding hydrogens is 228 g/mol. The van der Waals surface area contributed by atoms with Gasteiger partial charge in [-0.25, -0.2) is 4.98 Å². The molecular formula is C14H26N2O2. The van der Waals surface area contributed by atoms with Crippen LogP contribution in [0.2, 0.25) is 0 Å². The first-order chi connectivity index (χ1) is 8.56. The number of unbranched alkanes of at least 4 members (excludes halogenated alkanes) is 5. The quantitative estimate of drug-likeness (QED) is 0.729. The molecule has 0 aliphatic carbocycles. The fourth-order valence-corrected chi connectivity index (χ4v) is 1.67. The van der Waals surface area contributed by atoms with E-state index >= 15 is 0 Å². The van der Waals surface area contributed by atoms with Crippen LogP contribution in [0.3, 0.4) is 0 Å².